The molecule has 2 rings (SSSR count). The van der Waals surface area contributed by atoms with Crippen molar-refractivity contribution >= 4 is 5.91 Å². The number of nitrogens with two attached hydrogens (primary N) is 1. The van der Waals surface area contributed by atoms with E-state index in [2.05, 4.69) is 19.2 Å². The molecule has 0 aromatic carbocycles. The van der Waals surface area contributed by atoms with Crippen LogP contribution in [-0.2, 0) is 4.79 Å². The van der Waals surface area contributed by atoms with Crippen molar-refractivity contribution in [3.8, 4) is 0 Å². The smallest absolute Gasteiger partial charge is 0.222 e. The summed E-state index contributed by atoms with van der Waals surface area (Å²) in [4.78, 5) is 12.0. The molecule has 0 spiro atoms. The van der Waals surface area contributed by atoms with E-state index in [-0.39, 0.29) is 11.4 Å². The van der Waals surface area contributed by atoms with E-state index in [1.165, 1.54) is 19.3 Å². The second-order valence-electron chi connectivity index (χ2n) is 6.33. The third-order valence-corrected chi connectivity index (χ3v) is 4.92. The molecule has 98 valence electrons. The van der Waals surface area contributed by atoms with Crippen LogP contribution in [0.4, 0.5) is 0 Å². The van der Waals surface area contributed by atoms with Crippen molar-refractivity contribution in [3.05, 3.63) is 0 Å². The van der Waals surface area contributed by atoms with Gasteiger partial charge in [-0.15, -0.1) is 0 Å². The lowest BCUT2D eigenvalue weighted by Crippen LogP contribution is -2.45. The molecule has 3 heteroatoms. The highest BCUT2D eigenvalue weighted by Crippen LogP contribution is 2.32. The van der Waals surface area contributed by atoms with Gasteiger partial charge in [0.1, 0.15) is 0 Å². The van der Waals surface area contributed by atoms with Gasteiger partial charge < -0.3 is 11.1 Å². The molecule has 0 saturated heterocycles. The van der Waals surface area contributed by atoms with Gasteiger partial charge >= 0.3 is 0 Å². The van der Waals surface area contributed by atoms with E-state index in [1.807, 2.05) is 0 Å². The Kier molecular flexibility index (Phi) is 3.76. The number of hydrogen-bond donors (Lipinski definition) is 2. The summed E-state index contributed by atoms with van der Waals surface area (Å²) in [6.07, 6.45) is 7.27. The molecule has 2 aliphatic rings. The Morgan fingerprint density at radius 2 is 1.94 bits per heavy atom. The van der Waals surface area contributed by atoms with Gasteiger partial charge in [-0.2, -0.15) is 0 Å². The molecule has 0 aromatic heterocycles. The summed E-state index contributed by atoms with van der Waals surface area (Å²) in [5.41, 5.74) is 6.02. The van der Waals surface area contributed by atoms with Gasteiger partial charge in [0, 0.05) is 18.0 Å². The average molecular weight is 238 g/mol. The van der Waals surface area contributed by atoms with Gasteiger partial charge in [-0.25, -0.2) is 0 Å². The molecule has 17 heavy (non-hydrogen) atoms. The maximum atomic E-state index is 12.0. The number of nitrogens with one attached hydrogen (secondary N) is 1. The first kappa shape index (κ1) is 12.9. The van der Waals surface area contributed by atoms with Gasteiger partial charge in [0.05, 0.1) is 0 Å². The number of amides is 1. The highest BCUT2D eigenvalue weighted by atomic mass is 16.1. The first-order chi connectivity index (χ1) is 8.00. The van der Waals surface area contributed by atoms with Gasteiger partial charge in [-0.3, -0.25) is 4.79 Å². The van der Waals surface area contributed by atoms with E-state index in [9.17, 15) is 4.79 Å². The minimum Gasteiger partial charge on any atom is -0.353 e. The van der Waals surface area contributed by atoms with Crippen molar-refractivity contribution in [1.29, 1.82) is 0 Å². The van der Waals surface area contributed by atoms with Crippen LogP contribution in [-0.4, -0.2) is 17.5 Å². The van der Waals surface area contributed by atoms with Crippen LogP contribution in [0.1, 0.15) is 58.8 Å². The molecule has 3 N–H and O–H groups in total. The molecule has 3 nitrogen and oxygen atoms in total. The van der Waals surface area contributed by atoms with Crippen molar-refractivity contribution in [2.45, 2.75) is 70.4 Å². The normalized spacial score (nSPS) is 36.1. The van der Waals surface area contributed by atoms with Crippen molar-refractivity contribution in [1.82, 2.24) is 5.32 Å². The van der Waals surface area contributed by atoms with Crippen molar-refractivity contribution in [2.75, 3.05) is 0 Å². The van der Waals surface area contributed by atoms with Crippen LogP contribution in [0.5, 0.6) is 0 Å². The Morgan fingerprint density at radius 1 is 1.29 bits per heavy atom. The lowest BCUT2D eigenvalue weighted by atomic mass is 9.93. The fourth-order valence-electron chi connectivity index (χ4n) is 3.40. The Hall–Kier alpha value is -0.570. The van der Waals surface area contributed by atoms with Crippen LogP contribution < -0.4 is 11.1 Å². The van der Waals surface area contributed by atoms with Crippen LogP contribution in [0.2, 0.25) is 0 Å². The van der Waals surface area contributed by atoms with E-state index < -0.39 is 0 Å². The maximum Gasteiger partial charge on any atom is 0.222 e. The summed E-state index contributed by atoms with van der Waals surface area (Å²) in [7, 11) is 0. The molecule has 2 aliphatic carbocycles. The zero-order valence-electron chi connectivity index (χ0n) is 11.2. The molecule has 1 amide bonds. The molecular formula is C14H26N2O. The van der Waals surface area contributed by atoms with Crippen LogP contribution >= 0.6 is 0 Å². The van der Waals surface area contributed by atoms with Gasteiger partial charge in [0.15, 0.2) is 0 Å². The van der Waals surface area contributed by atoms with Crippen LogP contribution in [0.25, 0.3) is 0 Å². The molecule has 0 heterocycles. The number of rotatable bonds is 3. The summed E-state index contributed by atoms with van der Waals surface area (Å²) in [5, 5.41) is 3.19. The molecule has 0 aliphatic heterocycles. The van der Waals surface area contributed by atoms with E-state index in [4.69, 9.17) is 5.73 Å². The lowest BCUT2D eigenvalue weighted by molar-refractivity contribution is -0.123. The predicted octanol–water partition coefficient (Wildman–Crippen LogP) is 2.20. The molecule has 0 radical (unpaired) electrons. The fourth-order valence-corrected chi connectivity index (χ4v) is 3.40. The quantitative estimate of drug-likeness (QED) is 0.792. The SMILES string of the molecule is CC1CCC(NC(=O)CC2(N)CCCC2)C1C. The van der Waals surface area contributed by atoms with Crippen LogP contribution in [0.15, 0.2) is 0 Å². The first-order valence-electron chi connectivity index (χ1n) is 7.08. The largest absolute Gasteiger partial charge is 0.353 e. The Bertz CT molecular complexity index is 284. The van der Waals surface area contributed by atoms with Crippen molar-refractivity contribution < 1.29 is 4.79 Å². The lowest BCUT2D eigenvalue weighted by Gasteiger charge is -2.25. The zero-order valence-corrected chi connectivity index (χ0v) is 11.2. The number of carbonyl (C=O) groups is 1. The third-order valence-electron chi connectivity index (χ3n) is 4.92. The Balaban J connectivity index is 1.81. The molecule has 0 aromatic rings. The number of carbonyl (C=O) groups excluding carboxylic acids is 1. The van der Waals surface area contributed by atoms with E-state index in [0.717, 1.165) is 25.2 Å². The summed E-state index contributed by atoms with van der Waals surface area (Å²) < 4.78 is 0. The predicted molar refractivity (Wildman–Crippen MR) is 69.5 cm³/mol. The second-order valence-corrected chi connectivity index (χ2v) is 6.33. The van der Waals surface area contributed by atoms with E-state index in [0.29, 0.717) is 18.4 Å². The highest BCUT2D eigenvalue weighted by Gasteiger charge is 2.34. The highest BCUT2D eigenvalue weighted by molar-refractivity contribution is 5.77. The standard InChI is InChI=1S/C14H26N2O/c1-10-5-6-12(11(10)2)16-13(17)9-14(15)7-3-4-8-14/h10-12H,3-9,15H2,1-2H3,(H,16,17). The van der Waals surface area contributed by atoms with Crippen molar-refractivity contribution in [2.24, 2.45) is 17.6 Å². The molecule has 0 bridgehead atoms. The van der Waals surface area contributed by atoms with E-state index in [1.54, 1.807) is 0 Å². The van der Waals surface area contributed by atoms with Gasteiger partial charge in [0.2, 0.25) is 5.91 Å². The maximum absolute atomic E-state index is 12.0. The number of hydrogen-bond acceptors (Lipinski definition) is 2. The molecular weight excluding hydrogens is 212 g/mol. The minimum absolute atomic E-state index is 0.167. The zero-order chi connectivity index (χ0) is 12.5. The van der Waals surface area contributed by atoms with Crippen LogP contribution in [0.3, 0.4) is 0 Å². The fraction of sp³-hybridized carbons (Fsp3) is 0.929. The van der Waals surface area contributed by atoms with Gasteiger partial charge in [-0.1, -0.05) is 26.7 Å². The Labute approximate surface area is 105 Å². The third kappa shape index (κ3) is 3.01. The monoisotopic (exact) mass is 238 g/mol. The topological polar surface area (TPSA) is 55.1 Å². The summed E-state index contributed by atoms with van der Waals surface area (Å²) in [6.45, 7) is 4.52. The van der Waals surface area contributed by atoms with E-state index >= 15 is 0 Å². The second kappa shape index (κ2) is 4.97. The van der Waals surface area contributed by atoms with Gasteiger partial charge in [0.25, 0.3) is 0 Å². The minimum atomic E-state index is -0.211. The molecule has 2 fully saturated rings. The molecule has 2 saturated carbocycles. The van der Waals surface area contributed by atoms with Gasteiger partial charge in [-0.05, 0) is 37.5 Å². The van der Waals surface area contributed by atoms with Crippen molar-refractivity contribution in [3.63, 3.8) is 0 Å². The average Bonchev–Trinajstić information content (AvgIpc) is 2.80. The molecule has 3 atom stereocenters. The summed E-state index contributed by atoms with van der Waals surface area (Å²) in [6, 6.07) is 0.377. The van der Waals surface area contributed by atoms with Crippen LogP contribution in [0, 0.1) is 11.8 Å². The molecule has 3 unspecified atom stereocenters. The summed E-state index contributed by atoms with van der Waals surface area (Å²) in [5.74, 6) is 1.51. The Morgan fingerprint density at radius 3 is 2.47 bits per heavy atom. The first-order valence-corrected chi connectivity index (χ1v) is 7.08. The summed E-state index contributed by atoms with van der Waals surface area (Å²) >= 11 is 0.